The number of amides is 1. The molecule has 3 heterocycles. The van der Waals surface area contributed by atoms with Crippen LogP contribution >= 0.6 is 0 Å². The van der Waals surface area contributed by atoms with Crippen molar-refractivity contribution in [3.8, 4) is 17.0 Å². The maximum atomic E-state index is 13.1. The molecule has 30 heavy (non-hydrogen) atoms. The Balaban J connectivity index is 1.64. The van der Waals surface area contributed by atoms with Crippen LogP contribution in [0.2, 0.25) is 0 Å². The number of hydrogen-bond donors (Lipinski definition) is 2. The Morgan fingerprint density at radius 2 is 2.10 bits per heavy atom. The van der Waals surface area contributed by atoms with Gasteiger partial charge in [-0.05, 0) is 44.0 Å². The highest BCUT2D eigenvalue weighted by atomic mass is 16.5. The molecule has 9 nitrogen and oxygen atoms in total. The minimum Gasteiger partial charge on any atom is -0.475 e. The van der Waals surface area contributed by atoms with Gasteiger partial charge < -0.3 is 20.5 Å². The molecule has 1 aliphatic heterocycles. The van der Waals surface area contributed by atoms with E-state index < -0.39 is 5.60 Å². The lowest BCUT2D eigenvalue weighted by molar-refractivity contribution is 0.0577. The maximum Gasteiger partial charge on any atom is 0.267 e. The van der Waals surface area contributed by atoms with Crippen LogP contribution in [0.15, 0.2) is 36.9 Å². The Kier molecular flexibility index (Phi) is 4.90. The number of benzene rings is 1. The van der Waals surface area contributed by atoms with Crippen LogP contribution in [0, 0.1) is 6.92 Å². The van der Waals surface area contributed by atoms with E-state index >= 15 is 0 Å². The van der Waals surface area contributed by atoms with E-state index in [0.29, 0.717) is 19.7 Å². The van der Waals surface area contributed by atoms with Gasteiger partial charge in [-0.2, -0.15) is 5.10 Å². The van der Waals surface area contributed by atoms with E-state index in [-0.39, 0.29) is 23.2 Å². The zero-order valence-electron chi connectivity index (χ0n) is 17.2. The van der Waals surface area contributed by atoms with Gasteiger partial charge in [0, 0.05) is 17.4 Å². The molecule has 3 aromatic rings. The number of ether oxygens (including phenoxy) is 1. The monoisotopic (exact) mass is 408 g/mol. The van der Waals surface area contributed by atoms with Crippen molar-refractivity contribution >= 4 is 17.4 Å². The second-order valence-electron chi connectivity index (χ2n) is 7.98. The quantitative estimate of drug-likeness (QED) is 0.678. The van der Waals surface area contributed by atoms with Crippen molar-refractivity contribution in [3.05, 3.63) is 48.0 Å². The van der Waals surface area contributed by atoms with E-state index in [1.807, 2.05) is 31.3 Å². The molecule has 0 radical (unpaired) electrons. The van der Waals surface area contributed by atoms with Gasteiger partial charge in [0.15, 0.2) is 0 Å². The summed E-state index contributed by atoms with van der Waals surface area (Å²) in [4.78, 5) is 22.7. The van der Waals surface area contributed by atoms with E-state index in [0.717, 1.165) is 22.4 Å². The summed E-state index contributed by atoms with van der Waals surface area (Å²) in [6, 6.07) is 5.80. The third kappa shape index (κ3) is 3.84. The molecule has 0 unspecified atom stereocenters. The number of rotatable bonds is 4. The minimum atomic E-state index is -0.848. The molecule has 0 saturated heterocycles. The van der Waals surface area contributed by atoms with Gasteiger partial charge in [-0.1, -0.05) is 6.07 Å². The Morgan fingerprint density at radius 1 is 1.30 bits per heavy atom. The third-order valence-electron chi connectivity index (χ3n) is 4.87. The van der Waals surface area contributed by atoms with Crippen LogP contribution in [0.4, 0.5) is 11.5 Å². The van der Waals surface area contributed by atoms with E-state index in [1.165, 1.54) is 6.33 Å². The Hall–Kier alpha value is -3.46. The van der Waals surface area contributed by atoms with Crippen molar-refractivity contribution in [1.82, 2.24) is 19.7 Å². The number of aromatic nitrogens is 4. The van der Waals surface area contributed by atoms with Crippen LogP contribution in [0.5, 0.6) is 5.88 Å². The van der Waals surface area contributed by atoms with Gasteiger partial charge in [0.05, 0.1) is 24.9 Å². The maximum absolute atomic E-state index is 13.1. The number of nitrogen functional groups attached to an aromatic ring is 1. The zero-order valence-corrected chi connectivity index (χ0v) is 17.2. The van der Waals surface area contributed by atoms with Gasteiger partial charge in [-0.15, -0.1) is 0 Å². The van der Waals surface area contributed by atoms with Gasteiger partial charge >= 0.3 is 0 Å². The molecule has 0 saturated carbocycles. The summed E-state index contributed by atoms with van der Waals surface area (Å²) in [5, 5.41) is 14.3. The first-order chi connectivity index (χ1) is 14.2. The minimum absolute atomic E-state index is 0.101. The Morgan fingerprint density at radius 3 is 2.83 bits per heavy atom. The van der Waals surface area contributed by atoms with Crippen LogP contribution in [0.25, 0.3) is 11.1 Å². The van der Waals surface area contributed by atoms with Crippen molar-refractivity contribution in [2.45, 2.75) is 32.9 Å². The van der Waals surface area contributed by atoms with Gasteiger partial charge in [-0.25, -0.2) is 9.97 Å². The molecule has 0 fully saturated rings. The summed E-state index contributed by atoms with van der Waals surface area (Å²) in [5.74, 6) is 0.0257. The smallest absolute Gasteiger partial charge is 0.267 e. The topological polar surface area (TPSA) is 119 Å². The number of aryl methyl sites for hydroxylation is 1. The predicted octanol–water partition coefficient (Wildman–Crippen LogP) is 2.04. The average molecular weight is 408 g/mol. The van der Waals surface area contributed by atoms with Gasteiger partial charge in [0.25, 0.3) is 5.91 Å². The first-order valence-corrected chi connectivity index (χ1v) is 9.64. The summed E-state index contributed by atoms with van der Waals surface area (Å²) < 4.78 is 7.31. The highest BCUT2D eigenvalue weighted by Gasteiger charge is 2.29. The SMILES string of the molecule is Cc1cc(N2CCOc3ncnc(N)c3C2=O)ccc1-c1cnn(CC(C)(C)O)c1. The molecule has 4 rings (SSSR count). The number of carbonyl (C=O) groups excluding carboxylic acids is 1. The van der Waals surface area contributed by atoms with Crippen molar-refractivity contribution in [3.63, 3.8) is 0 Å². The number of fused-ring (bicyclic) bond motifs is 1. The van der Waals surface area contributed by atoms with Crippen molar-refractivity contribution < 1.29 is 14.6 Å². The molecule has 3 N–H and O–H groups in total. The zero-order chi connectivity index (χ0) is 21.5. The first-order valence-electron chi connectivity index (χ1n) is 9.64. The molecule has 0 bridgehead atoms. The van der Waals surface area contributed by atoms with Crippen LogP contribution < -0.4 is 15.4 Å². The lowest BCUT2D eigenvalue weighted by Crippen LogP contribution is -2.32. The van der Waals surface area contributed by atoms with E-state index in [1.54, 1.807) is 29.6 Å². The normalized spacial score (nSPS) is 14.3. The highest BCUT2D eigenvalue weighted by molar-refractivity contribution is 6.10. The number of nitrogens with zero attached hydrogens (tertiary/aromatic N) is 5. The fraction of sp³-hybridized carbons (Fsp3) is 0.333. The van der Waals surface area contributed by atoms with Crippen molar-refractivity contribution in [1.29, 1.82) is 0 Å². The van der Waals surface area contributed by atoms with E-state index in [4.69, 9.17) is 10.5 Å². The van der Waals surface area contributed by atoms with Crippen LogP contribution in [0.1, 0.15) is 29.8 Å². The number of anilines is 2. The average Bonchev–Trinajstić information content (AvgIpc) is 3.03. The molecule has 156 valence electrons. The molecular formula is C21H24N6O3. The highest BCUT2D eigenvalue weighted by Crippen LogP contribution is 2.31. The second-order valence-corrected chi connectivity index (χ2v) is 7.98. The van der Waals surface area contributed by atoms with Gasteiger partial charge in [0.1, 0.15) is 24.3 Å². The lowest BCUT2D eigenvalue weighted by atomic mass is 10.0. The number of aliphatic hydroxyl groups is 1. The molecule has 1 amide bonds. The van der Waals surface area contributed by atoms with E-state index in [9.17, 15) is 9.90 Å². The molecule has 9 heteroatoms. The van der Waals surface area contributed by atoms with Gasteiger partial charge in [-0.3, -0.25) is 9.48 Å². The molecule has 1 aromatic carbocycles. The van der Waals surface area contributed by atoms with Gasteiger partial charge in [0.2, 0.25) is 5.88 Å². The Bertz CT molecular complexity index is 1100. The number of carbonyl (C=O) groups is 1. The summed E-state index contributed by atoms with van der Waals surface area (Å²) in [6.07, 6.45) is 4.96. The van der Waals surface area contributed by atoms with E-state index in [2.05, 4.69) is 15.1 Å². The number of nitrogens with two attached hydrogens (primary N) is 1. The van der Waals surface area contributed by atoms with Crippen LogP contribution in [-0.4, -0.2) is 49.5 Å². The standard InChI is InChI=1S/C21H24N6O3/c1-13-8-15(4-5-16(13)14-9-25-26(10-14)11-21(2,3)29)27-6-7-30-19-17(20(27)28)18(22)23-12-24-19/h4-5,8-10,12,29H,6-7,11H2,1-3H3,(H2,22,23,24). The molecule has 0 atom stereocenters. The van der Waals surface area contributed by atoms with Crippen molar-refractivity contribution in [2.24, 2.45) is 0 Å². The summed E-state index contributed by atoms with van der Waals surface area (Å²) in [6.45, 7) is 6.54. The molecule has 0 spiro atoms. The van der Waals surface area contributed by atoms with Crippen LogP contribution in [0.3, 0.4) is 0 Å². The summed E-state index contributed by atoms with van der Waals surface area (Å²) in [5.41, 5.74) is 8.92. The predicted molar refractivity (Wildman–Crippen MR) is 112 cm³/mol. The molecule has 0 aliphatic carbocycles. The van der Waals surface area contributed by atoms with Crippen LogP contribution in [-0.2, 0) is 6.54 Å². The number of hydrogen-bond acceptors (Lipinski definition) is 7. The summed E-state index contributed by atoms with van der Waals surface area (Å²) >= 11 is 0. The Labute approximate surface area is 174 Å². The lowest BCUT2D eigenvalue weighted by Gasteiger charge is -2.21. The third-order valence-corrected chi connectivity index (χ3v) is 4.87. The molecule has 1 aliphatic rings. The fourth-order valence-electron chi connectivity index (χ4n) is 3.53. The van der Waals surface area contributed by atoms with Crippen molar-refractivity contribution in [2.75, 3.05) is 23.8 Å². The fourth-order valence-corrected chi connectivity index (χ4v) is 3.53. The molecular weight excluding hydrogens is 384 g/mol. The molecule has 2 aromatic heterocycles. The summed E-state index contributed by atoms with van der Waals surface area (Å²) in [7, 11) is 0. The first kappa shape index (κ1) is 19.8. The second kappa shape index (κ2) is 7.42. The largest absolute Gasteiger partial charge is 0.475 e.